The van der Waals surface area contributed by atoms with Gasteiger partial charge in [0.2, 0.25) is 5.88 Å². The van der Waals surface area contributed by atoms with Crippen molar-refractivity contribution in [1.82, 2.24) is 14.7 Å². The topological polar surface area (TPSA) is 39.5 Å². The average Bonchev–Trinajstić information content (AvgIpc) is 2.97. The first-order valence-corrected chi connectivity index (χ1v) is 9.28. The predicted molar refractivity (Wildman–Crippen MR) is 91.1 cm³/mol. The first-order chi connectivity index (χ1) is 11.3. The zero-order valence-electron chi connectivity index (χ0n) is 14.7. The van der Waals surface area contributed by atoms with E-state index in [1.165, 1.54) is 25.7 Å². The molecule has 0 bridgehead atoms. The molecule has 130 valence electrons. The second kappa shape index (κ2) is 8.15. The summed E-state index contributed by atoms with van der Waals surface area (Å²) in [4.78, 5) is 2.62. The molecule has 23 heavy (non-hydrogen) atoms. The van der Waals surface area contributed by atoms with E-state index in [1.54, 1.807) is 0 Å². The number of morpholine rings is 1. The Kier molecular flexibility index (Phi) is 5.95. The van der Waals surface area contributed by atoms with Gasteiger partial charge in [-0.1, -0.05) is 13.3 Å². The third-order valence-corrected chi connectivity index (χ3v) is 5.21. The van der Waals surface area contributed by atoms with Gasteiger partial charge in [0.25, 0.3) is 0 Å². The van der Waals surface area contributed by atoms with Gasteiger partial charge in [0.05, 0.1) is 25.9 Å². The highest BCUT2D eigenvalue weighted by molar-refractivity contribution is 5.21. The van der Waals surface area contributed by atoms with E-state index in [9.17, 15) is 0 Å². The maximum absolute atomic E-state index is 5.81. The van der Waals surface area contributed by atoms with Crippen LogP contribution in [0.1, 0.15) is 57.1 Å². The third-order valence-electron chi connectivity index (χ3n) is 5.21. The Hall–Kier alpha value is -1.07. The van der Waals surface area contributed by atoms with Gasteiger partial charge in [0.15, 0.2) is 0 Å². The van der Waals surface area contributed by atoms with Crippen molar-refractivity contribution in [2.45, 2.75) is 64.5 Å². The zero-order chi connectivity index (χ0) is 16.1. The van der Waals surface area contributed by atoms with Crippen molar-refractivity contribution in [3.8, 4) is 5.88 Å². The molecule has 0 spiro atoms. The van der Waals surface area contributed by atoms with Crippen molar-refractivity contribution in [2.24, 2.45) is 0 Å². The molecule has 0 radical (unpaired) electrons. The smallest absolute Gasteiger partial charge is 0.235 e. The van der Waals surface area contributed by atoms with E-state index in [4.69, 9.17) is 14.6 Å². The highest BCUT2D eigenvalue weighted by Crippen LogP contribution is 2.32. The lowest BCUT2D eigenvalue weighted by molar-refractivity contribution is 0.00503. The molecule has 1 saturated heterocycles. The van der Waals surface area contributed by atoms with Crippen LogP contribution in [0.2, 0.25) is 0 Å². The minimum absolute atomic E-state index is 0.537. The minimum atomic E-state index is 0.537. The Morgan fingerprint density at radius 3 is 2.57 bits per heavy atom. The maximum atomic E-state index is 5.81. The van der Waals surface area contributed by atoms with Gasteiger partial charge in [-0.25, -0.2) is 0 Å². The summed E-state index contributed by atoms with van der Waals surface area (Å²) in [6.45, 7) is 9.06. The van der Waals surface area contributed by atoms with Crippen LogP contribution >= 0.6 is 0 Å². The van der Waals surface area contributed by atoms with E-state index in [0.29, 0.717) is 6.04 Å². The largest absolute Gasteiger partial charge is 0.476 e. The molecule has 1 aliphatic carbocycles. The van der Waals surface area contributed by atoms with Gasteiger partial charge >= 0.3 is 0 Å². The first kappa shape index (κ1) is 16.8. The molecule has 0 aromatic carbocycles. The summed E-state index contributed by atoms with van der Waals surface area (Å²) in [5.41, 5.74) is 1.16. The second-order valence-electron chi connectivity index (χ2n) is 6.91. The number of rotatable bonds is 6. The van der Waals surface area contributed by atoms with Crippen LogP contribution in [0, 0.1) is 6.92 Å². The summed E-state index contributed by atoms with van der Waals surface area (Å²) in [6.07, 6.45) is 9.41. The predicted octanol–water partition coefficient (Wildman–Crippen LogP) is 3.19. The van der Waals surface area contributed by atoms with Crippen LogP contribution in [0.5, 0.6) is 5.88 Å². The lowest BCUT2D eigenvalue weighted by Gasteiger charge is -2.38. The highest BCUT2D eigenvalue weighted by Gasteiger charge is 2.28. The Morgan fingerprint density at radius 2 is 1.87 bits per heavy atom. The number of unbranched alkanes of at least 4 members (excludes halogenated alkanes) is 1. The van der Waals surface area contributed by atoms with Crippen LogP contribution in [-0.4, -0.2) is 53.6 Å². The quantitative estimate of drug-likeness (QED) is 0.755. The van der Waals surface area contributed by atoms with E-state index in [2.05, 4.69) is 29.6 Å². The van der Waals surface area contributed by atoms with Gasteiger partial charge < -0.3 is 9.47 Å². The van der Waals surface area contributed by atoms with E-state index in [0.717, 1.165) is 63.2 Å². The standard InChI is InChI=1S/C18H31N3O2/c1-3-4-11-23-18-15(2)14-21(19-18)17-7-5-16(6-8-17)20-9-12-22-13-10-20/h14,16-17H,3-13H2,1-2H3/t16-,17-. The van der Waals surface area contributed by atoms with E-state index in [-0.39, 0.29) is 0 Å². The summed E-state index contributed by atoms with van der Waals surface area (Å²) in [5.74, 6) is 0.828. The molecule has 0 amide bonds. The molecule has 2 aliphatic rings. The summed E-state index contributed by atoms with van der Waals surface area (Å²) in [6, 6.07) is 1.28. The zero-order valence-corrected chi connectivity index (χ0v) is 14.7. The molecule has 0 N–H and O–H groups in total. The van der Waals surface area contributed by atoms with Crippen LogP contribution in [0.4, 0.5) is 0 Å². The van der Waals surface area contributed by atoms with Crippen LogP contribution in [0.15, 0.2) is 6.20 Å². The molecule has 1 saturated carbocycles. The summed E-state index contributed by atoms with van der Waals surface area (Å²) >= 11 is 0. The van der Waals surface area contributed by atoms with E-state index in [1.807, 2.05) is 0 Å². The third kappa shape index (κ3) is 4.27. The van der Waals surface area contributed by atoms with E-state index < -0.39 is 0 Å². The van der Waals surface area contributed by atoms with E-state index >= 15 is 0 Å². The fraction of sp³-hybridized carbons (Fsp3) is 0.833. The Bertz CT molecular complexity index is 475. The molecular formula is C18H31N3O2. The molecule has 2 fully saturated rings. The van der Waals surface area contributed by atoms with Gasteiger partial charge in [-0.3, -0.25) is 9.58 Å². The Balaban J connectivity index is 1.52. The molecule has 5 heteroatoms. The highest BCUT2D eigenvalue weighted by atomic mass is 16.5. The Morgan fingerprint density at radius 1 is 1.17 bits per heavy atom. The molecule has 3 rings (SSSR count). The Labute approximate surface area is 139 Å². The van der Waals surface area contributed by atoms with Gasteiger partial charge in [0.1, 0.15) is 0 Å². The summed E-state index contributed by atoms with van der Waals surface area (Å²) in [5, 5.41) is 4.70. The van der Waals surface area contributed by atoms with Crippen LogP contribution in [0.3, 0.4) is 0 Å². The fourth-order valence-corrected chi connectivity index (χ4v) is 3.74. The minimum Gasteiger partial charge on any atom is -0.476 e. The maximum Gasteiger partial charge on any atom is 0.235 e. The number of ether oxygens (including phenoxy) is 2. The van der Waals surface area contributed by atoms with Crippen molar-refractivity contribution in [3.05, 3.63) is 11.8 Å². The molecule has 0 atom stereocenters. The van der Waals surface area contributed by atoms with Gasteiger partial charge in [-0.15, -0.1) is 5.10 Å². The monoisotopic (exact) mass is 321 g/mol. The van der Waals surface area contributed by atoms with Crippen LogP contribution in [-0.2, 0) is 4.74 Å². The normalized spacial score (nSPS) is 26.3. The molecule has 1 aromatic heterocycles. The second-order valence-corrected chi connectivity index (χ2v) is 6.91. The number of aryl methyl sites for hydroxylation is 1. The van der Waals surface area contributed by atoms with Crippen molar-refractivity contribution in [2.75, 3.05) is 32.9 Å². The van der Waals surface area contributed by atoms with Gasteiger partial charge in [-0.2, -0.15) is 0 Å². The lowest BCUT2D eigenvalue weighted by Crippen LogP contribution is -2.45. The molecular weight excluding hydrogens is 290 g/mol. The first-order valence-electron chi connectivity index (χ1n) is 9.28. The number of nitrogens with zero attached hydrogens (tertiary/aromatic N) is 3. The van der Waals surface area contributed by atoms with Crippen LogP contribution < -0.4 is 4.74 Å². The van der Waals surface area contributed by atoms with Crippen molar-refractivity contribution < 1.29 is 9.47 Å². The fourth-order valence-electron chi connectivity index (χ4n) is 3.74. The molecule has 1 aromatic rings. The van der Waals surface area contributed by atoms with Crippen LogP contribution in [0.25, 0.3) is 0 Å². The van der Waals surface area contributed by atoms with Crippen molar-refractivity contribution >= 4 is 0 Å². The molecule has 0 unspecified atom stereocenters. The van der Waals surface area contributed by atoms with Crippen molar-refractivity contribution in [3.63, 3.8) is 0 Å². The SMILES string of the molecule is CCCCOc1nn([C@H]2CC[C@H](N3CCOCC3)CC2)cc1C. The molecule has 2 heterocycles. The number of hydrogen-bond donors (Lipinski definition) is 0. The number of hydrogen-bond acceptors (Lipinski definition) is 4. The summed E-state index contributed by atoms with van der Waals surface area (Å²) < 4.78 is 13.4. The summed E-state index contributed by atoms with van der Waals surface area (Å²) in [7, 11) is 0. The molecule has 1 aliphatic heterocycles. The molecule has 5 nitrogen and oxygen atoms in total. The van der Waals surface area contributed by atoms with Gasteiger partial charge in [0, 0.05) is 30.9 Å². The number of aromatic nitrogens is 2. The lowest BCUT2D eigenvalue weighted by atomic mass is 9.90. The average molecular weight is 321 g/mol. The van der Waals surface area contributed by atoms with Gasteiger partial charge in [-0.05, 0) is 39.0 Å². The van der Waals surface area contributed by atoms with Crippen molar-refractivity contribution in [1.29, 1.82) is 0 Å².